The van der Waals surface area contributed by atoms with Gasteiger partial charge in [-0.2, -0.15) is 0 Å². The van der Waals surface area contributed by atoms with Crippen LogP contribution in [0.5, 0.6) is 0 Å². The maximum atomic E-state index is 12.4. The first kappa shape index (κ1) is 23.3. The molecule has 0 bridgehead atoms. The van der Waals surface area contributed by atoms with E-state index in [1.807, 2.05) is 18.2 Å². The van der Waals surface area contributed by atoms with Crippen LogP contribution in [0.2, 0.25) is 0 Å². The molecule has 0 radical (unpaired) electrons. The van der Waals surface area contributed by atoms with E-state index in [4.69, 9.17) is 4.74 Å². The third-order valence-corrected chi connectivity index (χ3v) is 6.57. The summed E-state index contributed by atoms with van der Waals surface area (Å²) in [5, 5.41) is 2.22. The number of benzene rings is 2. The van der Waals surface area contributed by atoms with Crippen LogP contribution in [0.3, 0.4) is 0 Å². The summed E-state index contributed by atoms with van der Waals surface area (Å²) in [4.78, 5) is 12.4. The lowest BCUT2D eigenvalue weighted by atomic mass is 9.72. The SMILES string of the molecule is CCCCCCCOC(=O)c1ccc2cc(C=CC3=C(C)CCCC3(C)C)ccc2c1. The van der Waals surface area contributed by atoms with Crippen LogP contribution in [-0.2, 0) is 4.74 Å². The molecule has 0 unspecified atom stereocenters. The maximum Gasteiger partial charge on any atom is 0.338 e. The van der Waals surface area contributed by atoms with Crippen molar-refractivity contribution in [3.05, 3.63) is 64.7 Å². The molecule has 1 aliphatic carbocycles. The van der Waals surface area contributed by atoms with E-state index >= 15 is 0 Å². The van der Waals surface area contributed by atoms with Crippen LogP contribution in [0.15, 0.2) is 53.6 Å². The van der Waals surface area contributed by atoms with Crippen LogP contribution in [0, 0.1) is 5.41 Å². The lowest BCUT2D eigenvalue weighted by molar-refractivity contribution is 0.0498. The second-order valence-electron chi connectivity index (χ2n) is 9.64. The highest BCUT2D eigenvalue weighted by molar-refractivity contribution is 5.96. The van der Waals surface area contributed by atoms with Crippen molar-refractivity contribution in [1.29, 1.82) is 0 Å². The van der Waals surface area contributed by atoms with Gasteiger partial charge in [0, 0.05) is 0 Å². The normalized spacial score (nSPS) is 16.3. The number of allylic oxidation sites excluding steroid dienone is 3. The molecule has 0 atom stereocenters. The quantitative estimate of drug-likeness (QED) is 0.301. The van der Waals surface area contributed by atoms with Crippen molar-refractivity contribution in [3.8, 4) is 0 Å². The molecule has 1 aliphatic rings. The Hall–Kier alpha value is -2.35. The van der Waals surface area contributed by atoms with Gasteiger partial charge in [-0.15, -0.1) is 0 Å². The van der Waals surface area contributed by atoms with E-state index in [0.717, 1.165) is 23.6 Å². The largest absolute Gasteiger partial charge is 0.462 e. The number of ether oxygens (including phenoxy) is 1. The fourth-order valence-corrected chi connectivity index (χ4v) is 4.64. The summed E-state index contributed by atoms with van der Waals surface area (Å²) in [6.45, 7) is 9.68. The Labute approximate surface area is 188 Å². The van der Waals surface area contributed by atoms with Gasteiger partial charge in [-0.25, -0.2) is 4.79 Å². The van der Waals surface area contributed by atoms with Crippen LogP contribution >= 0.6 is 0 Å². The van der Waals surface area contributed by atoms with E-state index in [1.54, 1.807) is 0 Å². The molecule has 0 spiro atoms. The standard InChI is InChI=1S/C29H38O2/c1-5-6-7-8-9-19-31-28(30)26-16-15-24-20-23(12-14-25(24)21-26)13-17-27-22(2)11-10-18-29(27,3)4/h12-17,20-21H,5-11,18-19H2,1-4H3. The molecule has 0 heterocycles. The molecule has 0 N–H and O–H groups in total. The van der Waals surface area contributed by atoms with Gasteiger partial charge in [0.1, 0.15) is 0 Å². The Morgan fingerprint density at radius 3 is 2.52 bits per heavy atom. The Morgan fingerprint density at radius 1 is 1.00 bits per heavy atom. The van der Waals surface area contributed by atoms with Gasteiger partial charge in [-0.3, -0.25) is 0 Å². The van der Waals surface area contributed by atoms with E-state index in [1.165, 1.54) is 55.2 Å². The van der Waals surface area contributed by atoms with E-state index in [9.17, 15) is 4.79 Å². The first-order valence-corrected chi connectivity index (χ1v) is 12.0. The summed E-state index contributed by atoms with van der Waals surface area (Å²) < 4.78 is 5.46. The van der Waals surface area contributed by atoms with Gasteiger partial charge in [-0.05, 0) is 78.1 Å². The molecule has 0 aromatic heterocycles. The number of carbonyl (C=O) groups excluding carboxylic acids is 1. The summed E-state index contributed by atoms with van der Waals surface area (Å²) in [5.41, 5.74) is 5.07. The van der Waals surface area contributed by atoms with E-state index in [0.29, 0.717) is 12.2 Å². The maximum absolute atomic E-state index is 12.4. The van der Waals surface area contributed by atoms with Gasteiger partial charge >= 0.3 is 5.97 Å². The molecule has 0 aliphatic heterocycles. The van der Waals surface area contributed by atoms with Gasteiger partial charge in [0.2, 0.25) is 0 Å². The molecule has 3 rings (SSSR count). The Morgan fingerprint density at radius 2 is 1.74 bits per heavy atom. The zero-order chi connectivity index (χ0) is 22.3. The molecule has 0 amide bonds. The van der Waals surface area contributed by atoms with Crippen LogP contribution < -0.4 is 0 Å². The van der Waals surface area contributed by atoms with Gasteiger partial charge in [-0.1, -0.05) is 82.4 Å². The van der Waals surface area contributed by atoms with Crippen LogP contribution in [0.4, 0.5) is 0 Å². The summed E-state index contributed by atoms with van der Waals surface area (Å²) in [6, 6.07) is 12.3. The lowest BCUT2D eigenvalue weighted by Gasteiger charge is -2.32. The van der Waals surface area contributed by atoms with Crippen LogP contribution in [0.25, 0.3) is 16.8 Å². The molecular weight excluding hydrogens is 380 g/mol. The minimum Gasteiger partial charge on any atom is -0.462 e. The Kier molecular flexibility index (Phi) is 8.12. The first-order chi connectivity index (χ1) is 14.9. The smallest absolute Gasteiger partial charge is 0.338 e. The highest BCUT2D eigenvalue weighted by Gasteiger charge is 2.26. The molecule has 0 fully saturated rings. The minimum atomic E-state index is -0.219. The zero-order valence-corrected chi connectivity index (χ0v) is 19.8. The summed E-state index contributed by atoms with van der Waals surface area (Å²) in [5.74, 6) is -0.219. The predicted octanol–water partition coefficient (Wildman–Crippen LogP) is 8.51. The highest BCUT2D eigenvalue weighted by atomic mass is 16.5. The number of unbranched alkanes of at least 4 members (excludes halogenated alkanes) is 4. The van der Waals surface area contributed by atoms with Gasteiger partial charge in [0.15, 0.2) is 0 Å². The monoisotopic (exact) mass is 418 g/mol. The number of fused-ring (bicyclic) bond motifs is 1. The molecule has 0 saturated carbocycles. The minimum absolute atomic E-state index is 0.219. The Bertz CT molecular complexity index is 962. The van der Waals surface area contributed by atoms with E-state index < -0.39 is 0 Å². The third kappa shape index (κ3) is 6.32. The van der Waals surface area contributed by atoms with Crippen molar-refractivity contribution in [3.63, 3.8) is 0 Å². The number of hydrogen-bond donors (Lipinski definition) is 0. The molecule has 166 valence electrons. The lowest BCUT2D eigenvalue weighted by Crippen LogP contribution is -2.18. The number of rotatable bonds is 9. The molecule has 2 aromatic rings. The van der Waals surface area contributed by atoms with Crippen LogP contribution in [-0.4, -0.2) is 12.6 Å². The van der Waals surface area contributed by atoms with Crippen molar-refractivity contribution in [2.45, 2.75) is 79.1 Å². The van der Waals surface area contributed by atoms with Crippen molar-refractivity contribution >= 4 is 22.8 Å². The van der Waals surface area contributed by atoms with Gasteiger partial charge < -0.3 is 4.74 Å². The second kappa shape index (κ2) is 10.8. The zero-order valence-electron chi connectivity index (χ0n) is 19.8. The summed E-state index contributed by atoms with van der Waals surface area (Å²) >= 11 is 0. The topological polar surface area (TPSA) is 26.3 Å². The number of esters is 1. The van der Waals surface area contributed by atoms with E-state index in [-0.39, 0.29) is 11.4 Å². The van der Waals surface area contributed by atoms with Crippen molar-refractivity contribution in [2.75, 3.05) is 6.61 Å². The predicted molar refractivity (Wildman–Crippen MR) is 132 cm³/mol. The second-order valence-corrected chi connectivity index (χ2v) is 9.64. The fraction of sp³-hybridized carbons (Fsp3) is 0.483. The Balaban J connectivity index is 1.65. The van der Waals surface area contributed by atoms with Gasteiger partial charge in [0.25, 0.3) is 0 Å². The molecule has 2 aromatic carbocycles. The van der Waals surface area contributed by atoms with Crippen molar-refractivity contribution in [1.82, 2.24) is 0 Å². The van der Waals surface area contributed by atoms with Crippen molar-refractivity contribution in [2.24, 2.45) is 5.41 Å². The van der Waals surface area contributed by atoms with Crippen LogP contribution in [0.1, 0.15) is 95.0 Å². The average molecular weight is 419 g/mol. The summed E-state index contributed by atoms with van der Waals surface area (Å²) in [7, 11) is 0. The molecule has 2 nitrogen and oxygen atoms in total. The number of carbonyl (C=O) groups is 1. The van der Waals surface area contributed by atoms with E-state index in [2.05, 4.69) is 58.0 Å². The molecular formula is C29H38O2. The third-order valence-electron chi connectivity index (χ3n) is 6.57. The fourth-order valence-electron chi connectivity index (χ4n) is 4.64. The average Bonchev–Trinajstić information content (AvgIpc) is 2.74. The first-order valence-electron chi connectivity index (χ1n) is 12.0. The highest BCUT2D eigenvalue weighted by Crippen LogP contribution is 2.41. The van der Waals surface area contributed by atoms with Gasteiger partial charge in [0.05, 0.1) is 12.2 Å². The summed E-state index contributed by atoms with van der Waals surface area (Å²) in [6.07, 6.45) is 14.1. The molecule has 0 saturated heterocycles. The van der Waals surface area contributed by atoms with Crippen molar-refractivity contribution < 1.29 is 9.53 Å². The molecule has 31 heavy (non-hydrogen) atoms. The number of hydrogen-bond acceptors (Lipinski definition) is 2. The molecule has 2 heteroatoms.